The number of carbonyl (C=O) groups excluding carboxylic acids is 1. The van der Waals surface area contributed by atoms with Crippen molar-refractivity contribution in [1.29, 1.82) is 0 Å². The van der Waals surface area contributed by atoms with Gasteiger partial charge in [0, 0.05) is 32.4 Å². The second-order valence-electron chi connectivity index (χ2n) is 4.54. The van der Waals surface area contributed by atoms with Crippen LogP contribution in [0.25, 0.3) is 0 Å². The number of carboxylic acids is 1. The van der Waals surface area contributed by atoms with Crippen LogP contribution in [0.3, 0.4) is 0 Å². The van der Waals surface area contributed by atoms with Crippen LogP contribution in [0, 0.1) is 0 Å². The molecule has 5 heteroatoms. The number of hydrogen-bond acceptors (Lipinski definition) is 3. The van der Waals surface area contributed by atoms with Gasteiger partial charge in [-0.3, -0.25) is 4.79 Å². The standard InChI is InChI=1S/C14H17NO4/c1-19-8-2-3-13(16)15-7-6-10-4-5-11(14(17)18)9-12(10)15/h4-5,9H,2-3,6-8H2,1H3,(H,17,18). The molecule has 1 aliphatic heterocycles. The summed E-state index contributed by atoms with van der Waals surface area (Å²) in [7, 11) is 1.61. The van der Waals surface area contributed by atoms with Gasteiger partial charge in [0.1, 0.15) is 0 Å². The number of fused-ring (bicyclic) bond motifs is 1. The zero-order chi connectivity index (χ0) is 13.8. The van der Waals surface area contributed by atoms with Crippen molar-refractivity contribution in [2.24, 2.45) is 0 Å². The van der Waals surface area contributed by atoms with Gasteiger partial charge in [-0.05, 0) is 30.5 Å². The fourth-order valence-electron chi connectivity index (χ4n) is 2.27. The Labute approximate surface area is 111 Å². The van der Waals surface area contributed by atoms with E-state index in [2.05, 4.69) is 0 Å². The second-order valence-corrected chi connectivity index (χ2v) is 4.54. The van der Waals surface area contributed by atoms with E-state index >= 15 is 0 Å². The average molecular weight is 263 g/mol. The lowest BCUT2D eigenvalue weighted by Gasteiger charge is -2.17. The second kappa shape index (κ2) is 5.84. The Bertz CT molecular complexity index is 498. The molecule has 0 bridgehead atoms. The summed E-state index contributed by atoms with van der Waals surface area (Å²) in [5.41, 5.74) is 1.99. The highest BCUT2D eigenvalue weighted by Crippen LogP contribution is 2.29. The Morgan fingerprint density at radius 3 is 2.89 bits per heavy atom. The first kappa shape index (κ1) is 13.5. The van der Waals surface area contributed by atoms with Crippen LogP contribution >= 0.6 is 0 Å². The van der Waals surface area contributed by atoms with Crippen molar-refractivity contribution >= 4 is 17.6 Å². The predicted octanol–water partition coefficient (Wildman–Crippen LogP) is 1.70. The summed E-state index contributed by atoms with van der Waals surface area (Å²) in [6, 6.07) is 4.96. The number of benzene rings is 1. The molecule has 2 rings (SSSR count). The monoisotopic (exact) mass is 263 g/mol. The van der Waals surface area contributed by atoms with Gasteiger partial charge in [0.2, 0.25) is 5.91 Å². The number of carbonyl (C=O) groups is 2. The van der Waals surface area contributed by atoms with E-state index in [-0.39, 0.29) is 11.5 Å². The van der Waals surface area contributed by atoms with Crippen LogP contribution in [0.2, 0.25) is 0 Å². The lowest BCUT2D eigenvalue weighted by atomic mass is 10.1. The quantitative estimate of drug-likeness (QED) is 0.821. The molecule has 1 heterocycles. The highest BCUT2D eigenvalue weighted by molar-refractivity contribution is 5.97. The van der Waals surface area contributed by atoms with Gasteiger partial charge in [0.05, 0.1) is 5.56 Å². The van der Waals surface area contributed by atoms with Crippen LogP contribution in [0.4, 0.5) is 5.69 Å². The van der Waals surface area contributed by atoms with E-state index in [1.54, 1.807) is 30.2 Å². The number of ether oxygens (including phenoxy) is 1. The molecule has 0 aromatic heterocycles. The molecule has 0 radical (unpaired) electrons. The summed E-state index contributed by atoms with van der Waals surface area (Å²) < 4.78 is 4.93. The number of carboxylic acid groups (broad SMARTS) is 1. The fourth-order valence-corrected chi connectivity index (χ4v) is 2.27. The maximum absolute atomic E-state index is 12.1. The number of anilines is 1. The van der Waals surface area contributed by atoms with Crippen molar-refractivity contribution in [1.82, 2.24) is 0 Å². The molecule has 0 saturated heterocycles. The van der Waals surface area contributed by atoms with Crippen LogP contribution < -0.4 is 4.90 Å². The van der Waals surface area contributed by atoms with Gasteiger partial charge in [0.25, 0.3) is 0 Å². The van der Waals surface area contributed by atoms with E-state index in [1.165, 1.54) is 0 Å². The lowest BCUT2D eigenvalue weighted by molar-refractivity contribution is -0.118. The first-order chi connectivity index (χ1) is 9.13. The molecule has 19 heavy (non-hydrogen) atoms. The third kappa shape index (κ3) is 2.93. The van der Waals surface area contributed by atoms with Crippen molar-refractivity contribution in [3.05, 3.63) is 29.3 Å². The Morgan fingerprint density at radius 2 is 2.21 bits per heavy atom. The van der Waals surface area contributed by atoms with Gasteiger partial charge in [-0.1, -0.05) is 6.07 Å². The zero-order valence-electron chi connectivity index (χ0n) is 10.9. The normalized spacial score (nSPS) is 13.4. The summed E-state index contributed by atoms with van der Waals surface area (Å²) in [4.78, 5) is 24.7. The summed E-state index contributed by atoms with van der Waals surface area (Å²) >= 11 is 0. The van der Waals surface area contributed by atoms with E-state index in [1.807, 2.05) is 0 Å². The Balaban J connectivity index is 2.13. The number of nitrogens with zero attached hydrogens (tertiary/aromatic N) is 1. The van der Waals surface area contributed by atoms with Gasteiger partial charge < -0.3 is 14.7 Å². The predicted molar refractivity (Wildman–Crippen MR) is 70.6 cm³/mol. The highest BCUT2D eigenvalue weighted by atomic mass is 16.5. The topological polar surface area (TPSA) is 66.8 Å². The minimum Gasteiger partial charge on any atom is -0.478 e. The largest absolute Gasteiger partial charge is 0.478 e. The molecular formula is C14H17NO4. The van der Waals surface area contributed by atoms with Crippen molar-refractivity contribution in [3.8, 4) is 0 Å². The Kier molecular flexibility index (Phi) is 4.16. The molecule has 0 atom stereocenters. The zero-order valence-corrected chi connectivity index (χ0v) is 10.9. The van der Waals surface area contributed by atoms with Gasteiger partial charge in [0.15, 0.2) is 0 Å². The molecule has 1 N–H and O–H groups in total. The first-order valence-electron chi connectivity index (χ1n) is 6.29. The lowest BCUT2D eigenvalue weighted by Crippen LogP contribution is -2.28. The van der Waals surface area contributed by atoms with Crippen LogP contribution in [-0.2, 0) is 16.0 Å². The summed E-state index contributed by atoms with van der Waals surface area (Å²) in [5, 5.41) is 8.99. The van der Waals surface area contributed by atoms with E-state index in [0.717, 1.165) is 17.7 Å². The molecular weight excluding hydrogens is 246 g/mol. The van der Waals surface area contributed by atoms with E-state index in [4.69, 9.17) is 9.84 Å². The molecule has 1 aromatic rings. The molecule has 0 unspecified atom stereocenters. The fraction of sp³-hybridized carbons (Fsp3) is 0.429. The molecule has 0 spiro atoms. The summed E-state index contributed by atoms with van der Waals surface area (Å²) in [6.45, 7) is 1.19. The average Bonchev–Trinajstić information content (AvgIpc) is 2.81. The molecule has 1 aliphatic rings. The van der Waals surface area contributed by atoms with E-state index < -0.39 is 5.97 Å². The third-order valence-electron chi connectivity index (χ3n) is 3.27. The van der Waals surface area contributed by atoms with Gasteiger partial charge >= 0.3 is 5.97 Å². The first-order valence-corrected chi connectivity index (χ1v) is 6.29. The van der Waals surface area contributed by atoms with E-state index in [9.17, 15) is 9.59 Å². The van der Waals surface area contributed by atoms with Gasteiger partial charge in [-0.25, -0.2) is 4.79 Å². The highest BCUT2D eigenvalue weighted by Gasteiger charge is 2.25. The van der Waals surface area contributed by atoms with Crippen LogP contribution in [0.1, 0.15) is 28.8 Å². The number of rotatable bonds is 5. The van der Waals surface area contributed by atoms with Crippen molar-refractivity contribution < 1.29 is 19.4 Å². The summed E-state index contributed by atoms with van der Waals surface area (Å²) in [6.07, 6.45) is 1.88. The smallest absolute Gasteiger partial charge is 0.335 e. The third-order valence-corrected chi connectivity index (χ3v) is 3.27. The number of aromatic carboxylic acids is 1. The molecule has 0 aliphatic carbocycles. The number of hydrogen-bond donors (Lipinski definition) is 1. The van der Waals surface area contributed by atoms with Crippen LogP contribution in [0.5, 0.6) is 0 Å². The molecule has 0 saturated carbocycles. The van der Waals surface area contributed by atoms with Crippen molar-refractivity contribution in [3.63, 3.8) is 0 Å². The molecule has 0 fully saturated rings. The number of methoxy groups -OCH3 is 1. The minimum absolute atomic E-state index is 0.0262. The van der Waals surface area contributed by atoms with Crippen molar-refractivity contribution in [2.75, 3.05) is 25.2 Å². The van der Waals surface area contributed by atoms with E-state index in [0.29, 0.717) is 26.0 Å². The molecule has 5 nitrogen and oxygen atoms in total. The van der Waals surface area contributed by atoms with Gasteiger partial charge in [-0.2, -0.15) is 0 Å². The maximum Gasteiger partial charge on any atom is 0.335 e. The van der Waals surface area contributed by atoms with Gasteiger partial charge in [-0.15, -0.1) is 0 Å². The minimum atomic E-state index is -0.971. The Morgan fingerprint density at radius 1 is 1.42 bits per heavy atom. The molecule has 1 aromatic carbocycles. The summed E-state index contributed by atoms with van der Waals surface area (Å²) in [5.74, 6) is -0.945. The maximum atomic E-state index is 12.1. The van der Waals surface area contributed by atoms with Crippen LogP contribution in [0.15, 0.2) is 18.2 Å². The number of amides is 1. The van der Waals surface area contributed by atoms with Crippen molar-refractivity contribution in [2.45, 2.75) is 19.3 Å². The molecule has 102 valence electrons. The SMILES string of the molecule is COCCCC(=O)N1CCc2ccc(C(=O)O)cc21. The molecule has 1 amide bonds. The Hall–Kier alpha value is -1.88. The van der Waals surface area contributed by atoms with Crippen LogP contribution in [-0.4, -0.2) is 37.2 Å².